The van der Waals surface area contributed by atoms with Crippen LogP contribution >= 0.6 is 0 Å². The van der Waals surface area contributed by atoms with Gasteiger partial charge < -0.3 is 14.8 Å². The summed E-state index contributed by atoms with van der Waals surface area (Å²) in [5.41, 5.74) is 2.56. The van der Waals surface area contributed by atoms with Crippen molar-refractivity contribution in [2.24, 2.45) is 0 Å². The van der Waals surface area contributed by atoms with E-state index in [0.29, 0.717) is 12.3 Å². The Labute approximate surface area is 151 Å². The minimum atomic E-state index is -0.222. The molecule has 0 aliphatic heterocycles. The number of rotatable bonds is 7. The largest absolute Gasteiger partial charge is 0.497 e. The summed E-state index contributed by atoms with van der Waals surface area (Å²) in [7, 11) is 1.60. The minimum absolute atomic E-state index is 0.0665. The van der Waals surface area contributed by atoms with Gasteiger partial charge >= 0.3 is 0 Å². The first-order chi connectivity index (χ1) is 12.7. The Morgan fingerprint density at radius 3 is 2.46 bits per heavy atom. The molecule has 0 atom stereocenters. The van der Waals surface area contributed by atoms with Crippen LogP contribution in [-0.4, -0.2) is 29.6 Å². The van der Waals surface area contributed by atoms with E-state index in [9.17, 15) is 4.79 Å². The molecule has 1 aromatic heterocycles. The van der Waals surface area contributed by atoms with E-state index in [-0.39, 0.29) is 12.5 Å². The van der Waals surface area contributed by atoms with Crippen LogP contribution in [0.1, 0.15) is 5.69 Å². The zero-order valence-corrected chi connectivity index (χ0v) is 14.4. The average molecular weight is 349 g/mol. The summed E-state index contributed by atoms with van der Waals surface area (Å²) in [6, 6.07) is 18.7. The molecule has 0 spiro atoms. The molecule has 1 amide bonds. The van der Waals surface area contributed by atoms with Gasteiger partial charge in [0, 0.05) is 5.56 Å². The van der Waals surface area contributed by atoms with Gasteiger partial charge in [0.1, 0.15) is 17.8 Å². The number of amides is 1. The summed E-state index contributed by atoms with van der Waals surface area (Å²) in [5, 5.41) is 2.79. The van der Waals surface area contributed by atoms with Crippen molar-refractivity contribution in [3.8, 4) is 22.8 Å². The quantitative estimate of drug-likeness (QED) is 0.710. The number of carbonyl (C=O) groups is 1. The second kappa shape index (κ2) is 8.62. The van der Waals surface area contributed by atoms with E-state index in [1.807, 2.05) is 36.4 Å². The Balaban J connectivity index is 1.51. The molecule has 3 aromatic rings. The van der Waals surface area contributed by atoms with Gasteiger partial charge in [0.25, 0.3) is 5.91 Å². The van der Waals surface area contributed by atoms with E-state index in [0.717, 1.165) is 22.7 Å². The minimum Gasteiger partial charge on any atom is -0.497 e. The van der Waals surface area contributed by atoms with Crippen molar-refractivity contribution in [2.45, 2.75) is 6.54 Å². The number of methoxy groups -OCH3 is 1. The van der Waals surface area contributed by atoms with Gasteiger partial charge in [-0.1, -0.05) is 30.3 Å². The summed E-state index contributed by atoms with van der Waals surface area (Å²) in [5.74, 6) is 1.12. The zero-order valence-electron chi connectivity index (χ0n) is 14.4. The fourth-order valence-electron chi connectivity index (χ4n) is 2.32. The zero-order chi connectivity index (χ0) is 18.2. The standard InChI is InChI=1S/C20H19N3O3/c1-25-17-7-9-18(10-8-17)26-13-20(24)21-12-16-11-19(23-14-22-16)15-5-3-2-4-6-15/h2-11,14H,12-13H2,1H3,(H,21,24). The molecular formula is C20H19N3O3. The fraction of sp³-hybridized carbons (Fsp3) is 0.150. The Kier molecular flexibility index (Phi) is 5.77. The molecule has 26 heavy (non-hydrogen) atoms. The van der Waals surface area contributed by atoms with E-state index < -0.39 is 0 Å². The monoisotopic (exact) mass is 349 g/mol. The third kappa shape index (κ3) is 4.80. The van der Waals surface area contributed by atoms with E-state index in [4.69, 9.17) is 9.47 Å². The number of nitrogens with one attached hydrogen (secondary N) is 1. The van der Waals surface area contributed by atoms with Crippen molar-refractivity contribution in [3.05, 3.63) is 72.7 Å². The summed E-state index contributed by atoms with van der Waals surface area (Å²) >= 11 is 0. The van der Waals surface area contributed by atoms with Gasteiger partial charge in [0.2, 0.25) is 0 Å². The number of ether oxygens (including phenoxy) is 2. The lowest BCUT2D eigenvalue weighted by atomic mass is 10.1. The van der Waals surface area contributed by atoms with Crippen LogP contribution < -0.4 is 14.8 Å². The van der Waals surface area contributed by atoms with Crippen LogP contribution in [0.4, 0.5) is 0 Å². The first-order valence-electron chi connectivity index (χ1n) is 8.14. The lowest BCUT2D eigenvalue weighted by Gasteiger charge is -2.08. The van der Waals surface area contributed by atoms with Crippen molar-refractivity contribution < 1.29 is 14.3 Å². The van der Waals surface area contributed by atoms with Crippen molar-refractivity contribution in [3.63, 3.8) is 0 Å². The van der Waals surface area contributed by atoms with Crippen LogP contribution in [0, 0.1) is 0 Å². The highest BCUT2D eigenvalue weighted by Crippen LogP contribution is 2.17. The molecule has 3 rings (SSSR count). The molecule has 0 unspecified atom stereocenters. The Morgan fingerprint density at radius 1 is 1.00 bits per heavy atom. The van der Waals surface area contributed by atoms with Crippen LogP contribution in [0.3, 0.4) is 0 Å². The maximum Gasteiger partial charge on any atom is 0.258 e. The first-order valence-corrected chi connectivity index (χ1v) is 8.14. The summed E-state index contributed by atoms with van der Waals surface area (Å²) in [4.78, 5) is 20.4. The topological polar surface area (TPSA) is 73.3 Å². The number of aromatic nitrogens is 2. The molecule has 1 heterocycles. The third-order valence-electron chi connectivity index (χ3n) is 3.69. The maximum atomic E-state index is 12.0. The first kappa shape index (κ1) is 17.4. The highest BCUT2D eigenvalue weighted by atomic mass is 16.5. The lowest BCUT2D eigenvalue weighted by molar-refractivity contribution is -0.123. The van der Waals surface area contributed by atoms with E-state index in [1.54, 1.807) is 31.4 Å². The van der Waals surface area contributed by atoms with Crippen molar-refractivity contribution >= 4 is 5.91 Å². The summed E-state index contributed by atoms with van der Waals surface area (Å²) in [6.07, 6.45) is 1.50. The molecule has 0 aliphatic carbocycles. The summed E-state index contributed by atoms with van der Waals surface area (Å²) < 4.78 is 10.5. The molecular weight excluding hydrogens is 330 g/mol. The second-order valence-electron chi connectivity index (χ2n) is 5.50. The van der Waals surface area contributed by atoms with E-state index >= 15 is 0 Å². The third-order valence-corrected chi connectivity index (χ3v) is 3.69. The van der Waals surface area contributed by atoms with Gasteiger partial charge in [0.15, 0.2) is 6.61 Å². The van der Waals surface area contributed by atoms with Crippen molar-refractivity contribution in [1.29, 1.82) is 0 Å². The molecule has 6 nitrogen and oxygen atoms in total. The predicted molar refractivity (Wildman–Crippen MR) is 97.8 cm³/mol. The van der Waals surface area contributed by atoms with Gasteiger partial charge in [-0.2, -0.15) is 0 Å². The Bertz CT molecular complexity index is 852. The van der Waals surface area contributed by atoms with Crippen molar-refractivity contribution in [1.82, 2.24) is 15.3 Å². The molecule has 0 saturated heterocycles. The molecule has 0 radical (unpaired) electrons. The van der Waals surface area contributed by atoms with Crippen LogP contribution in [0.25, 0.3) is 11.3 Å². The smallest absolute Gasteiger partial charge is 0.258 e. The molecule has 0 bridgehead atoms. The van der Waals surface area contributed by atoms with Crippen LogP contribution in [0.5, 0.6) is 11.5 Å². The lowest BCUT2D eigenvalue weighted by Crippen LogP contribution is -2.28. The molecule has 1 N–H and O–H groups in total. The number of benzene rings is 2. The fourth-order valence-corrected chi connectivity index (χ4v) is 2.32. The van der Waals surface area contributed by atoms with E-state index in [2.05, 4.69) is 15.3 Å². The predicted octanol–water partition coefficient (Wildman–Crippen LogP) is 2.85. The normalized spacial score (nSPS) is 10.2. The van der Waals surface area contributed by atoms with Crippen LogP contribution in [0.15, 0.2) is 67.0 Å². The van der Waals surface area contributed by atoms with Gasteiger partial charge in [0.05, 0.1) is 25.0 Å². The van der Waals surface area contributed by atoms with Gasteiger partial charge in [-0.25, -0.2) is 9.97 Å². The SMILES string of the molecule is COc1ccc(OCC(=O)NCc2cc(-c3ccccc3)ncn2)cc1. The average Bonchev–Trinajstić information content (AvgIpc) is 2.72. The van der Waals surface area contributed by atoms with Crippen LogP contribution in [0.2, 0.25) is 0 Å². The number of hydrogen-bond acceptors (Lipinski definition) is 5. The van der Waals surface area contributed by atoms with Crippen LogP contribution in [-0.2, 0) is 11.3 Å². The molecule has 132 valence electrons. The van der Waals surface area contributed by atoms with Crippen molar-refractivity contribution in [2.75, 3.05) is 13.7 Å². The summed E-state index contributed by atoms with van der Waals surface area (Å²) in [6.45, 7) is 0.246. The number of carbonyl (C=O) groups excluding carboxylic acids is 1. The van der Waals surface area contributed by atoms with Gasteiger partial charge in [-0.3, -0.25) is 4.79 Å². The highest BCUT2D eigenvalue weighted by Gasteiger charge is 2.06. The maximum absolute atomic E-state index is 12.0. The molecule has 0 saturated carbocycles. The molecule has 6 heteroatoms. The molecule has 0 aliphatic rings. The number of hydrogen-bond donors (Lipinski definition) is 1. The van der Waals surface area contributed by atoms with Gasteiger partial charge in [-0.05, 0) is 30.3 Å². The van der Waals surface area contributed by atoms with Gasteiger partial charge in [-0.15, -0.1) is 0 Å². The molecule has 0 fully saturated rings. The van der Waals surface area contributed by atoms with E-state index in [1.165, 1.54) is 6.33 Å². The Hall–Kier alpha value is -3.41. The Morgan fingerprint density at radius 2 is 1.73 bits per heavy atom. The second-order valence-corrected chi connectivity index (χ2v) is 5.50. The highest BCUT2D eigenvalue weighted by molar-refractivity contribution is 5.77. The number of nitrogens with zero attached hydrogens (tertiary/aromatic N) is 2. The molecule has 2 aromatic carbocycles.